The molecule has 2 unspecified atom stereocenters. The smallest absolute Gasteiger partial charge is 0.310 e. The van der Waals surface area contributed by atoms with Crippen molar-refractivity contribution in [2.24, 2.45) is 5.92 Å². The van der Waals surface area contributed by atoms with Crippen LogP contribution in [0.4, 0.5) is 4.39 Å². The van der Waals surface area contributed by atoms with Crippen molar-refractivity contribution in [3.8, 4) is 22.8 Å². The highest BCUT2D eigenvalue weighted by Crippen LogP contribution is 2.43. The SMILES string of the molecule is COCC(C)(C)c1nc(OC2CCC2C(=O)O)c2cc(O)ccc2c1-c1ccc(F)cc1. The number of carboxylic acids is 1. The normalized spacial score (nSPS) is 18.4. The van der Waals surface area contributed by atoms with Crippen LogP contribution in [0.1, 0.15) is 32.4 Å². The number of hydrogen-bond acceptors (Lipinski definition) is 5. The molecular weight excluding hydrogens is 413 g/mol. The number of benzene rings is 2. The molecule has 32 heavy (non-hydrogen) atoms. The highest BCUT2D eigenvalue weighted by Gasteiger charge is 2.39. The molecule has 6 nitrogen and oxygen atoms in total. The monoisotopic (exact) mass is 439 g/mol. The lowest BCUT2D eigenvalue weighted by Crippen LogP contribution is -2.42. The van der Waals surface area contributed by atoms with E-state index >= 15 is 0 Å². The molecule has 2 atom stereocenters. The summed E-state index contributed by atoms with van der Waals surface area (Å²) in [5.74, 6) is -1.50. The maximum Gasteiger partial charge on any atom is 0.310 e. The van der Waals surface area contributed by atoms with E-state index in [1.165, 1.54) is 12.1 Å². The highest BCUT2D eigenvalue weighted by molar-refractivity contribution is 6.01. The van der Waals surface area contributed by atoms with Crippen LogP contribution in [0.25, 0.3) is 21.9 Å². The minimum absolute atomic E-state index is 0.0431. The molecule has 0 aliphatic heterocycles. The van der Waals surface area contributed by atoms with Gasteiger partial charge >= 0.3 is 5.97 Å². The quantitative estimate of drug-likeness (QED) is 0.544. The Morgan fingerprint density at radius 3 is 2.47 bits per heavy atom. The second-order valence-corrected chi connectivity index (χ2v) is 8.87. The van der Waals surface area contributed by atoms with Gasteiger partial charge in [0.05, 0.1) is 18.2 Å². The van der Waals surface area contributed by atoms with Gasteiger partial charge in [-0.25, -0.2) is 9.37 Å². The number of aromatic hydroxyl groups is 1. The van der Waals surface area contributed by atoms with Crippen molar-refractivity contribution in [3.05, 3.63) is 54.0 Å². The van der Waals surface area contributed by atoms with Crippen LogP contribution in [-0.4, -0.2) is 41.0 Å². The number of ether oxygens (including phenoxy) is 2. The average Bonchev–Trinajstić information content (AvgIpc) is 2.71. The third-order valence-corrected chi connectivity index (χ3v) is 6.02. The first kappa shape index (κ1) is 22.0. The van der Waals surface area contributed by atoms with Crippen LogP contribution in [0.5, 0.6) is 11.6 Å². The van der Waals surface area contributed by atoms with Gasteiger partial charge < -0.3 is 19.7 Å². The zero-order valence-corrected chi connectivity index (χ0v) is 18.3. The van der Waals surface area contributed by atoms with E-state index in [4.69, 9.17) is 14.5 Å². The second-order valence-electron chi connectivity index (χ2n) is 8.87. The Morgan fingerprint density at radius 2 is 1.88 bits per heavy atom. The largest absolute Gasteiger partial charge is 0.508 e. The number of nitrogens with zero attached hydrogens (tertiary/aromatic N) is 1. The Hall–Kier alpha value is -3.19. The van der Waals surface area contributed by atoms with Crippen molar-refractivity contribution in [2.75, 3.05) is 13.7 Å². The van der Waals surface area contributed by atoms with Crippen LogP contribution in [0.3, 0.4) is 0 Å². The summed E-state index contributed by atoms with van der Waals surface area (Å²) in [4.78, 5) is 16.3. The molecule has 2 N–H and O–H groups in total. The maximum absolute atomic E-state index is 13.6. The fraction of sp³-hybridized carbons (Fsp3) is 0.360. The minimum Gasteiger partial charge on any atom is -0.508 e. The Kier molecular flexibility index (Phi) is 5.77. The molecule has 1 aliphatic carbocycles. The topological polar surface area (TPSA) is 88.9 Å². The van der Waals surface area contributed by atoms with Crippen molar-refractivity contribution < 1.29 is 28.9 Å². The number of aromatic nitrogens is 1. The molecular formula is C25H26FNO5. The summed E-state index contributed by atoms with van der Waals surface area (Å²) in [6.07, 6.45) is 0.689. The molecule has 1 heterocycles. The van der Waals surface area contributed by atoms with E-state index in [1.807, 2.05) is 13.8 Å². The Bertz CT molecular complexity index is 1160. The summed E-state index contributed by atoms with van der Waals surface area (Å²) in [7, 11) is 1.61. The van der Waals surface area contributed by atoms with Gasteiger partial charge in [-0.2, -0.15) is 0 Å². The summed E-state index contributed by atoms with van der Waals surface area (Å²) in [6.45, 7) is 4.36. The third-order valence-electron chi connectivity index (χ3n) is 6.02. The van der Waals surface area contributed by atoms with Crippen LogP contribution in [0, 0.1) is 11.7 Å². The van der Waals surface area contributed by atoms with Gasteiger partial charge in [0.2, 0.25) is 5.88 Å². The molecule has 0 spiro atoms. The molecule has 1 saturated carbocycles. The van der Waals surface area contributed by atoms with Gasteiger partial charge in [-0.1, -0.05) is 26.0 Å². The van der Waals surface area contributed by atoms with Crippen molar-refractivity contribution in [1.82, 2.24) is 4.98 Å². The molecule has 1 aliphatic rings. The third kappa shape index (κ3) is 4.00. The number of methoxy groups -OCH3 is 1. The van der Waals surface area contributed by atoms with Crippen LogP contribution < -0.4 is 4.74 Å². The first-order valence-electron chi connectivity index (χ1n) is 10.5. The lowest BCUT2D eigenvalue weighted by molar-refractivity contribution is -0.150. The Balaban J connectivity index is 1.97. The molecule has 168 valence electrons. The van der Waals surface area contributed by atoms with Gasteiger partial charge in [0.25, 0.3) is 0 Å². The lowest BCUT2D eigenvalue weighted by atomic mass is 9.81. The van der Waals surface area contributed by atoms with E-state index in [2.05, 4.69) is 0 Å². The van der Waals surface area contributed by atoms with Gasteiger partial charge in [0.15, 0.2) is 0 Å². The van der Waals surface area contributed by atoms with Crippen molar-refractivity contribution >= 4 is 16.7 Å². The summed E-state index contributed by atoms with van der Waals surface area (Å²) in [5, 5.41) is 20.9. The van der Waals surface area contributed by atoms with Crippen molar-refractivity contribution in [3.63, 3.8) is 0 Å². The van der Waals surface area contributed by atoms with Crippen LogP contribution >= 0.6 is 0 Å². The van der Waals surface area contributed by atoms with Crippen LogP contribution in [-0.2, 0) is 14.9 Å². The van der Waals surface area contributed by atoms with E-state index in [0.717, 1.165) is 16.5 Å². The van der Waals surface area contributed by atoms with E-state index in [0.29, 0.717) is 30.5 Å². The summed E-state index contributed by atoms with van der Waals surface area (Å²) in [5.41, 5.74) is 1.71. The minimum atomic E-state index is -0.892. The molecule has 7 heteroatoms. The predicted octanol–water partition coefficient (Wildman–Crippen LogP) is 4.91. The average molecular weight is 439 g/mol. The lowest BCUT2D eigenvalue weighted by Gasteiger charge is -2.34. The number of fused-ring (bicyclic) bond motifs is 1. The molecule has 0 saturated heterocycles. The zero-order chi connectivity index (χ0) is 23.0. The summed E-state index contributed by atoms with van der Waals surface area (Å²) >= 11 is 0. The van der Waals surface area contributed by atoms with E-state index in [9.17, 15) is 19.4 Å². The molecule has 0 radical (unpaired) electrons. The van der Waals surface area contributed by atoms with Crippen LogP contribution in [0.15, 0.2) is 42.5 Å². The van der Waals surface area contributed by atoms with Gasteiger partial charge in [-0.15, -0.1) is 0 Å². The van der Waals surface area contributed by atoms with E-state index in [1.54, 1.807) is 37.4 Å². The second kappa shape index (κ2) is 8.39. The molecule has 3 aromatic rings. The number of pyridine rings is 1. The number of phenols is 1. The Labute approximate surface area is 185 Å². The Morgan fingerprint density at radius 1 is 1.16 bits per heavy atom. The first-order chi connectivity index (χ1) is 15.2. The number of rotatable bonds is 7. The van der Waals surface area contributed by atoms with Gasteiger partial charge in [-0.05, 0) is 54.1 Å². The number of aliphatic carboxylic acids is 1. The van der Waals surface area contributed by atoms with E-state index < -0.39 is 23.4 Å². The molecule has 4 rings (SSSR count). The fourth-order valence-corrected chi connectivity index (χ4v) is 4.23. The number of hydrogen-bond donors (Lipinski definition) is 2. The number of phenolic OH excluding ortho intramolecular Hbond substituents is 1. The highest BCUT2D eigenvalue weighted by atomic mass is 19.1. The number of carboxylic acid groups (broad SMARTS) is 1. The molecule has 1 aromatic heterocycles. The maximum atomic E-state index is 13.6. The van der Waals surface area contributed by atoms with Crippen molar-refractivity contribution in [2.45, 2.75) is 38.2 Å². The molecule has 2 aromatic carbocycles. The van der Waals surface area contributed by atoms with Gasteiger partial charge in [0.1, 0.15) is 17.7 Å². The fourth-order valence-electron chi connectivity index (χ4n) is 4.23. The number of carbonyl (C=O) groups is 1. The van der Waals surface area contributed by atoms with E-state index in [-0.39, 0.29) is 17.4 Å². The number of halogens is 1. The van der Waals surface area contributed by atoms with Gasteiger partial charge in [0, 0.05) is 23.5 Å². The van der Waals surface area contributed by atoms with Gasteiger partial charge in [-0.3, -0.25) is 4.79 Å². The molecule has 1 fully saturated rings. The van der Waals surface area contributed by atoms with Crippen LogP contribution in [0.2, 0.25) is 0 Å². The molecule has 0 amide bonds. The summed E-state index contributed by atoms with van der Waals surface area (Å²) < 4.78 is 25.2. The first-order valence-corrected chi connectivity index (χ1v) is 10.5. The standard InChI is InChI=1S/C25H26FNO5/c1-25(2,13-31-3)22-21(14-4-6-15(26)7-5-14)17-9-8-16(28)12-19(17)23(27-22)32-20-11-10-18(20)24(29)30/h4-9,12,18,20,28H,10-11,13H2,1-3H3,(H,29,30). The summed E-state index contributed by atoms with van der Waals surface area (Å²) in [6, 6.07) is 11.1. The predicted molar refractivity (Wildman–Crippen MR) is 118 cm³/mol. The zero-order valence-electron chi connectivity index (χ0n) is 18.3. The van der Waals surface area contributed by atoms with Crippen molar-refractivity contribution in [1.29, 1.82) is 0 Å². The molecule has 0 bridgehead atoms.